The summed E-state index contributed by atoms with van der Waals surface area (Å²) in [6, 6.07) is 7.75. The highest BCUT2D eigenvalue weighted by Crippen LogP contribution is 2.26. The van der Waals surface area contributed by atoms with Crippen LogP contribution in [0.3, 0.4) is 0 Å². The molecule has 0 aromatic heterocycles. The maximum Gasteiger partial charge on any atom is 0.359 e. The number of nitrogens with zero attached hydrogens (tertiary/aromatic N) is 1. The largest absolute Gasteiger partial charge is 0.359 e. The molecule has 252 valence electrons. The summed E-state index contributed by atoms with van der Waals surface area (Å²) in [4.78, 5) is 0. The Morgan fingerprint density at radius 1 is 0.488 bits per heavy atom. The molecular formula is C38H71NO3S. The molecule has 0 radical (unpaired) electrons. The van der Waals surface area contributed by atoms with E-state index < -0.39 is 10.3 Å². The van der Waals surface area contributed by atoms with Gasteiger partial charge < -0.3 is 0 Å². The number of aryl methyl sites for hydroxylation is 1. The van der Waals surface area contributed by atoms with Crippen molar-refractivity contribution < 1.29 is 13.0 Å². The lowest BCUT2D eigenvalue weighted by molar-refractivity contribution is 0.475. The Bertz CT molecular complexity index is 841. The minimum Gasteiger partial charge on any atom is -0.269 e. The van der Waals surface area contributed by atoms with Gasteiger partial charge in [0.05, 0.1) is 5.69 Å². The Balaban J connectivity index is 2.20. The Hall–Kier alpha value is -1.07. The summed E-state index contributed by atoms with van der Waals surface area (Å²) in [5.74, 6) is 0. The van der Waals surface area contributed by atoms with Crippen LogP contribution in [0.1, 0.15) is 199 Å². The van der Waals surface area contributed by atoms with Gasteiger partial charge in [-0.1, -0.05) is 199 Å². The van der Waals surface area contributed by atoms with E-state index in [1.165, 1.54) is 158 Å². The van der Waals surface area contributed by atoms with E-state index in [4.69, 9.17) is 0 Å². The predicted molar refractivity (Wildman–Crippen MR) is 190 cm³/mol. The van der Waals surface area contributed by atoms with E-state index in [-0.39, 0.29) is 0 Å². The molecule has 0 unspecified atom stereocenters. The molecule has 1 aromatic rings. The summed E-state index contributed by atoms with van der Waals surface area (Å²) in [6.07, 6.45) is 37.2. The van der Waals surface area contributed by atoms with Crippen molar-refractivity contribution in [2.75, 3.05) is 10.8 Å². The average molecular weight is 622 g/mol. The molecule has 1 aromatic carbocycles. The van der Waals surface area contributed by atoms with Crippen molar-refractivity contribution in [3.8, 4) is 0 Å². The molecule has 4 nitrogen and oxygen atoms in total. The molecule has 0 aliphatic heterocycles. The van der Waals surface area contributed by atoms with Crippen LogP contribution in [0.2, 0.25) is 0 Å². The highest BCUT2D eigenvalue weighted by atomic mass is 32.2. The molecule has 0 aliphatic carbocycles. The third-order valence-electron chi connectivity index (χ3n) is 9.05. The summed E-state index contributed by atoms with van der Waals surface area (Å²) in [6.45, 7) is 4.90. The summed E-state index contributed by atoms with van der Waals surface area (Å²) in [5.41, 5.74) is 1.69. The van der Waals surface area contributed by atoms with Crippen molar-refractivity contribution in [1.82, 2.24) is 0 Å². The lowest BCUT2D eigenvalue weighted by atomic mass is 10.0. The zero-order valence-electron chi connectivity index (χ0n) is 28.6. The van der Waals surface area contributed by atoms with Crippen molar-refractivity contribution in [2.45, 2.75) is 200 Å². The average Bonchev–Trinajstić information content (AvgIpc) is 2.99. The summed E-state index contributed by atoms with van der Waals surface area (Å²) >= 11 is 0. The van der Waals surface area contributed by atoms with Crippen LogP contribution in [0, 0.1) is 0 Å². The number of hydrogen-bond acceptors (Lipinski definition) is 2. The van der Waals surface area contributed by atoms with E-state index in [0.29, 0.717) is 12.2 Å². The van der Waals surface area contributed by atoms with Crippen LogP contribution in [0.15, 0.2) is 24.3 Å². The molecule has 0 saturated carbocycles. The highest BCUT2D eigenvalue weighted by Gasteiger charge is 2.21. The lowest BCUT2D eigenvalue weighted by Crippen LogP contribution is -2.32. The van der Waals surface area contributed by atoms with Gasteiger partial charge in [0.2, 0.25) is 0 Å². The quantitative estimate of drug-likeness (QED) is 0.0643. The smallest absolute Gasteiger partial charge is 0.269 e. The zero-order chi connectivity index (χ0) is 31.3. The molecule has 0 spiro atoms. The molecule has 1 N–H and O–H groups in total. The van der Waals surface area contributed by atoms with E-state index in [2.05, 4.69) is 13.8 Å². The van der Waals surface area contributed by atoms with Crippen LogP contribution in [-0.4, -0.2) is 19.5 Å². The second-order valence-electron chi connectivity index (χ2n) is 13.1. The van der Waals surface area contributed by atoms with E-state index in [1.807, 2.05) is 24.3 Å². The highest BCUT2D eigenvalue weighted by molar-refractivity contribution is 7.87. The first kappa shape index (κ1) is 40.0. The monoisotopic (exact) mass is 622 g/mol. The van der Waals surface area contributed by atoms with Crippen LogP contribution in [0.5, 0.6) is 0 Å². The van der Waals surface area contributed by atoms with E-state index in [1.54, 1.807) is 0 Å². The number of para-hydroxylation sites is 1. The van der Waals surface area contributed by atoms with Crippen LogP contribution < -0.4 is 4.31 Å². The van der Waals surface area contributed by atoms with Crippen LogP contribution in [0.25, 0.3) is 0 Å². The number of benzene rings is 1. The molecule has 0 heterocycles. The Kier molecular flexibility index (Phi) is 26.4. The Labute approximate surface area is 269 Å². The molecule has 0 atom stereocenters. The van der Waals surface area contributed by atoms with Gasteiger partial charge in [-0.3, -0.25) is 4.55 Å². The number of rotatable bonds is 32. The van der Waals surface area contributed by atoms with Gasteiger partial charge in [0.25, 0.3) is 0 Å². The van der Waals surface area contributed by atoms with Crippen molar-refractivity contribution in [1.29, 1.82) is 0 Å². The van der Waals surface area contributed by atoms with Gasteiger partial charge in [0, 0.05) is 6.54 Å². The molecule has 0 aliphatic rings. The first-order chi connectivity index (χ1) is 21.0. The zero-order valence-corrected chi connectivity index (χ0v) is 29.5. The van der Waals surface area contributed by atoms with Crippen molar-refractivity contribution in [3.05, 3.63) is 29.8 Å². The lowest BCUT2D eigenvalue weighted by Gasteiger charge is -2.23. The fourth-order valence-electron chi connectivity index (χ4n) is 6.29. The van der Waals surface area contributed by atoms with E-state index in [0.717, 1.165) is 37.7 Å². The van der Waals surface area contributed by atoms with Crippen LogP contribution in [0.4, 0.5) is 5.69 Å². The first-order valence-corrected chi connectivity index (χ1v) is 20.2. The molecule has 0 amide bonds. The number of unbranched alkanes of at least 4 members (excludes halogenated alkanes) is 26. The number of hydrogen-bond donors (Lipinski definition) is 1. The first-order valence-electron chi connectivity index (χ1n) is 18.8. The van der Waals surface area contributed by atoms with Crippen LogP contribution >= 0.6 is 0 Å². The summed E-state index contributed by atoms with van der Waals surface area (Å²) < 4.78 is 36.0. The van der Waals surface area contributed by atoms with Crippen LogP contribution in [-0.2, 0) is 16.7 Å². The minimum absolute atomic E-state index is 0.354. The third kappa shape index (κ3) is 23.0. The molecule has 0 fully saturated rings. The second-order valence-corrected chi connectivity index (χ2v) is 14.5. The third-order valence-corrected chi connectivity index (χ3v) is 9.99. The molecular weight excluding hydrogens is 550 g/mol. The summed E-state index contributed by atoms with van der Waals surface area (Å²) in [7, 11) is -4.28. The topological polar surface area (TPSA) is 57.6 Å². The second kappa shape index (κ2) is 28.4. The van der Waals surface area contributed by atoms with Crippen molar-refractivity contribution in [2.24, 2.45) is 0 Å². The van der Waals surface area contributed by atoms with E-state index in [9.17, 15) is 13.0 Å². The molecule has 1 rings (SSSR count). The molecule has 0 bridgehead atoms. The van der Waals surface area contributed by atoms with Gasteiger partial charge in [0.1, 0.15) is 0 Å². The van der Waals surface area contributed by atoms with Gasteiger partial charge in [-0.05, 0) is 30.9 Å². The van der Waals surface area contributed by atoms with Gasteiger partial charge in [0.15, 0.2) is 0 Å². The Morgan fingerprint density at radius 2 is 0.814 bits per heavy atom. The molecule has 0 saturated heterocycles. The molecule has 43 heavy (non-hydrogen) atoms. The SMILES string of the molecule is CCCCCCCCCCCCCCCCc1ccccc1N(CCCCCCCCCCCCCCCC)S(=O)(=O)O. The molecule has 5 heteroatoms. The Morgan fingerprint density at radius 3 is 1.19 bits per heavy atom. The fourth-order valence-corrected chi connectivity index (χ4v) is 7.07. The maximum atomic E-state index is 12.3. The summed E-state index contributed by atoms with van der Waals surface area (Å²) in [5, 5.41) is 0. The minimum atomic E-state index is -4.28. The van der Waals surface area contributed by atoms with Crippen molar-refractivity contribution in [3.63, 3.8) is 0 Å². The predicted octanol–water partition coefficient (Wildman–Crippen LogP) is 12.8. The fraction of sp³-hybridized carbons (Fsp3) is 0.842. The maximum absolute atomic E-state index is 12.3. The van der Waals surface area contributed by atoms with Gasteiger partial charge in [-0.25, -0.2) is 4.31 Å². The van der Waals surface area contributed by atoms with Crippen molar-refractivity contribution >= 4 is 16.0 Å². The van der Waals surface area contributed by atoms with Gasteiger partial charge in [-0.15, -0.1) is 0 Å². The van der Waals surface area contributed by atoms with Gasteiger partial charge in [-0.2, -0.15) is 8.42 Å². The number of anilines is 1. The van der Waals surface area contributed by atoms with E-state index >= 15 is 0 Å². The van der Waals surface area contributed by atoms with Gasteiger partial charge >= 0.3 is 10.3 Å². The standard InChI is InChI=1S/C38H71NO3S/c1-3-5-7-9-11-13-15-17-19-21-23-25-27-29-33-37-34-30-31-35-38(37)39(43(40,41)42)36-32-28-26-24-22-20-18-16-14-12-10-8-6-4-2/h30-31,34-35H,3-29,32-33,36H2,1-2H3,(H,40,41,42). The normalized spacial score (nSPS) is 11.8.